The molecular formula is C17H19NO. The first-order valence-electron chi connectivity index (χ1n) is 6.62. The molecule has 0 radical (unpaired) electrons. The van der Waals surface area contributed by atoms with Crippen molar-refractivity contribution in [2.24, 2.45) is 4.99 Å². The minimum atomic E-state index is 0.204. The van der Waals surface area contributed by atoms with E-state index in [4.69, 9.17) is 0 Å². The van der Waals surface area contributed by atoms with Gasteiger partial charge in [-0.3, -0.25) is 4.99 Å². The number of hydrogen-bond acceptors (Lipinski definition) is 2. The van der Waals surface area contributed by atoms with Crippen LogP contribution < -0.4 is 0 Å². The van der Waals surface area contributed by atoms with Crippen LogP contribution in [0.2, 0.25) is 0 Å². The summed E-state index contributed by atoms with van der Waals surface area (Å²) in [6.07, 6.45) is 2.92. The van der Waals surface area contributed by atoms with Crippen molar-refractivity contribution in [3.05, 3.63) is 59.7 Å². The molecule has 1 unspecified atom stereocenters. The van der Waals surface area contributed by atoms with Crippen molar-refractivity contribution >= 4 is 11.9 Å². The molecule has 1 N–H and O–H groups in total. The van der Waals surface area contributed by atoms with Crippen molar-refractivity contribution in [3.63, 3.8) is 0 Å². The molecule has 0 heterocycles. The van der Waals surface area contributed by atoms with E-state index in [1.807, 2.05) is 6.07 Å². The summed E-state index contributed by atoms with van der Waals surface area (Å²) in [5.41, 5.74) is 2.98. The highest BCUT2D eigenvalue weighted by Gasteiger charge is 2.01. The molecule has 0 spiro atoms. The van der Waals surface area contributed by atoms with Crippen LogP contribution >= 0.6 is 0 Å². The summed E-state index contributed by atoms with van der Waals surface area (Å²) < 4.78 is 0. The third kappa shape index (κ3) is 3.44. The van der Waals surface area contributed by atoms with Crippen LogP contribution in [0.4, 0.5) is 5.69 Å². The molecule has 0 saturated heterocycles. The molecule has 0 aliphatic heterocycles. The van der Waals surface area contributed by atoms with Crippen molar-refractivity contribution in [2.75, 3.05) is 0 Å². The molecule has 0 fully saturated rings. The molecule has 0 aliphatic carbocycles. The second kappa shape index (κ2) is 6.19. The van der Waals surface area contributed by atoms with Crippen LogP contribution in [0.3, 0.4) is 0 Å². The maximum atomic E-state index is 9.62. The van der Waals surface area contributed by atoms with Crippen LogP contribution in [-0.4, -0.2) is 11.3 Å². The molecule has 98 valence electrons. The highest BCUT2D eigenvalue weighted by Crippen LogP contribution is 2.25. The maximum absolute atomic E-state index is 9.62. The first-order chi connectivity index (χ1) is 9.20. The predicted octanol–water partition coefficient (Wildman–Crippen LogP) is 4.66. The van der Waals surface area contributed by atoms with E-state index >= 15 is 0 Å². The van der Waals surface area contributed by atoms with Gasteiger partial charge in [-0.15, -0.1) is 0 Å². The van der Waals surface area contributed by atoms with E-state index < -0.39 is 0 Å². The van der Waals surface area contributed by atoms with Gasteiger partial charge in [-0.25, -0.2) is 0 Å². The Kier molecular flexibility index (Phi) is 4.35. The Labute approximate surface area is 114 Å². The van der Waals surface area contributed by atoms with Crippen molar-refractivity contribution in [1.29, 1.82) is 0 Å². The zero-order chi connectivity index (χ0) is 13.7. The Morgan fingerprint density at radius 3 is 2.42 bits per heavy atom. The summed E-state index contributed by atoms with van der Waals surface area (Å²) in [4.78, 5) is 4.30. The molecule has 0 aromatic heterocycles. The van der Waals surface area contributed by atoms with E-state index in [1.54, 1.807) is 24.4 Å². The van der Waals surface area contributed by atoms with Gasteiger partial charge in [-0.05, 0) is 35.6 Å². The first-order valence-corrected chi connectivity index (χ1v) is 6.62. The zero-order valence-corrected chi connectivity index (χ0v) is 11.4. The summed E-state index contributed by atoms with van der Waals surface area (Å²) in [6.45, 7) is 4.42. The molecule has 2 nitrogen and oxygen atoms in total. The molecule has 0 saturated carbocycles. The second-order valence-corrected chi connectivity index (χ2v) is 4.72. The van der Waals surface area contributed by atoms with Crippen LogP contribution in [0, 0.1) is 0 Å². The van der Waals surface area contributed by atoms with E-state index in [-0.39, 0.29) is 5.75 Å². The van der Waals surface area contributed by atoms with Crippen molar-refractivity contribution < 1.29 is 5.11 Å². The van der Waals surface area contributed by atoms with Crippen molar-refractivity contribution in [2.45, 2.75) is 26.2 Å². The molecule has 2 rings (SSSR count). The van der Waals surface area contributed by atoms with Crippen LogP contribution in [0.1, 0.15) is 37.3 Å². The molecule has 1 atom stereocenters. The van der Waals surface area contributed by atoms with E-state index in [2.05, 4.69) is 43.1 Å². The van der Waals surface area contributed by atoms with Crippen LogP contribution in [-0.2, 0) is 0 Å². The molecule has 0 amide bonds. The summed E-state index contributed by atoms with van der Waals surface area (Å²) in [5.74, 6) is 0.791. The zero-order valence-electron chi connectivity index (χ0n) is 11.4. The summed E-state index contributed by atoms with van der Waals surface area (Å²) in [7, 11) is 0. The van der Waals surface area contributed by atoms with Gasteiger partial charge in [0.1, 0.15) is 11.4 Å². The minimum absolute atomic E-state index is 0.204. The largest absolute Gasteiger partial charge is 0.506 e. The fourth-order valence-corrected chi connectivity index (χ4v) is 1.86. The minimum Gasteiger partial charge on any atom is -0.506 e. The summed E-state index contributed by atoms with van der Waals surface area (Å²) in [6, 6.07) is 15.5. The van der Waals surface area contributed by atoms with Gasteiger partial charge in [0.2, 0.25) is 0 Å². The monoisotopic (exact) mass is 253 g/mol. The number of phenols is 1. The van der Waals surface area contributed by atoms with Crippen LogP contribution in [0.25, 0.3) is 0 Å². The lowest BCUT2D eigenvalue weighted by Gasteiger charge is -2.08. The molecule has 0 aliphatic rings. The topological polar surface area (TPSA) is 32.6 Å². The number of nitrogens with zero attached hydrogens (tertiary/aromatic N) is 1. The fraction of sp³-hybridized carbons (Fsp3) is 0.235. The Morgan fingerprint density at radius 2 is 1.79 bits per heavy atom. The average Bonchev–Trinajstić information content (AvgIpc) is 2.46. The smallest absolute Gasteiger partial charge is 0.141 e. The number of rotatable bonds is 4. The van der Waals surface area contributed by atoms with Gasteiger partial charge in [-0.1, -0.05) is 50.2 Å². The quantitative estimate of drug-likeness (QED) is 0.790. The standard InChI is InChI=1S/C17H19NO/c1-3-13(2)15-10-8-14(9-11-15)12-18-16-6-4-5-7-17(16)19/h4-13,19H,3H2,1-2H3. The summed E-state index contributed by atoms with van der Waals surface area (Å²) in [5, 5.41) is 9.62. The van der Waals surface area contributed by atoms with Crippen molar-refractivity contribution in [1.82, 2.24) is 0 Å². The SMILES string of the molecule is CCC(C)c1ccc(C=Nc2ccccc2O)cc1. The normalized spacial score (nSPS) is 12.7. The molecule has 2 heteroatoms. The first kappa shape index (κ1) is 13.3. The number of phenolic OH excluding ortho intramolecular Hbond substituents is 1. The van der Waals surface area contributed by atoms with Gasteiger partial charge in [0, 0.05) is 6.21 Å². The molecular weight excluding hydrogens is 234 g/mol. The van der Waals surface area contributed by atoms with E-state index in [0.29, 0.717) is 11.6 Å². The highest BCUT2D eigenvalue weighted by atomic mass is 16.3. The van der Waals surface area contributed by atoms with Crippen LogP contribution in [0.5, 0.6) is 5.75 Å². The summed E-state index contributed by atoms with van der Waals surface area (Å²) >= 11 is 0. The highest BCUT2D eigenvalue weighted by molar-refractivity contribution is 5.82. The van der Waals surface area contributed by atoms with E-state index in [0.717, 1.165) is 12.0 Å². The number of benzene rings is 2. The Morgan fingerprint density at radius 1 is 1.11 bits per heavy atom. The van der Waals surface area contributed by atoms with Gasteiger partial charge in [0.25, 0.3) is 0 Å². The molecule has 2 aromatic carbocycles. The fourth-order valence-electron chi connectivity index (χ4n) is 1.86. The van der Waals surface area contributed by atoms with Crippen molar-refractivity contribution in [3.8, 4) is 5.75 Å². The number of hydrogen-bond donors (Lipinski definition) is 1. The maximum Gasteiger partial charge on any atom is 0.141 e. The van der Waals surface area contributed by atoms with Gasteiger partial charge in [-0.2, -0.15) is 0 Å². The van der Waals surface area contributed by atoms with E-state index in [1.165, 1.54) is 5.56 Å². The average molecular weight is 253 g/mol. The Balaban J connectivity index is 2.14. The lowest BCUT2D eigenvalue weighted by Crippen LogP contribution is -1.91. The lowest BCUT2D eigenvalue weighted by atomic mass is 9.98. The van der Waals surface area contributed by atoms with Gasteiger partial charge in [0.05, 0.1) is 0 Å². The number of aromatic hydroxyl groups is 1. The number of para-hydroxylation sites is 2. The predicted molar refractivity (Wildman–Crippen MR) is 80.5 cm³/mol. The number of aliphatic imine (C=N–C) groups is 1. The van der Waals surface area contributed by atoms with E-state index in [9.17, 15) is 5.11 Å². The van der Waals surface area contributed by atoms with Gasteiger partial charge in [0.15, 0.2) is 0 Å². The molecule has 2 aromatic rings. The Hall–Kier alpha value is -2.09. The third-order valence-corrected chi connectivity index (χ3v) is 3.35. The second-order valence-electron chi connectivity index (χ2n) is 4.72. The lowest BCUT2D eigenvalue weighted by molar-refractivity contribution is 0.477. The van der Waals surface area contributed by atoms with Gasteiger partial charge < -0.3 is 5.11 Å². The molecule has 19 heavy (non-hydrogen) atoms. The molecule has 0 bridgehead atoms. The third-order valence-electron chi connectivity index (χ3n) is 3.35. The van der Waals surface area contributed by atoms with Crippen LogP contribution in [0.15, 0.2) is 53.5 Å². The van der Waals surface area contributed by atoms with Gasteiger partial charge >= 0.3 is 0 Å². The Bertz CT molecular complexity index is 558.